The van der Waals surface area contributed by atoms with E-state index in [9.17, 15) is 0 Å². The molecule has 1 saturated heterocycles. The van der Waals surface area contributed by atoms with Crippen molar-refractivity contribution >= 4 is 0 Å². The van der Waals surface area contributed by atoms with Crippen LogP contribution in [0.5, 0.6) is 5.75 Å². The highest BCUT2D eigenvalue weighted by atomic mass is 16.5. The summed E-state index contributed by atoms with van der Waals surface area (Å²) in [6.45, 7) is 14.8. The summed E-state index contributed by atoms with van der Waals surface area (Å²) in [5.74, 6) is 1.64. The van der Waals surface area contributed by atoms with Gasteiger partial charge in [-0.05, 0) is 36.9 Å². The summed E-state index contributed by atoms with van der Waals surface area (Å²) in [7, 11) is 0. The van der Waals surface area contributed by atoms with Crippen LogP contribution in [0.4, 0.5) is 0 Å². The van der Waals surface area contributed by atoms with Crippen LogP contribution in [0.25, 0.3) is 0 Å². The number of benzene rings is 1. The van der Waals surface area contributed by atoms with Crippen molar-refractivity contribution in [3.63, 3.8) is 0 Å². The lowest BCUT2D eigenvalue weighted by Gasteiger charge is -2.33. The SMILES string of the molecule is CCC(C)c1ccccc1OCCCN1CCN(CC)CC1. The van der Waals surface area contributed by atoms with E-state index in [1.54, 1.807) is 0 Å². The molecule has 3 nitrogen and oxygen atoms in total. The molecular weight excluding hydrogens is 272 g/mol. The van der Waals surface area contributed by atoms with Crippen LogP contribution in [0.2, 0.25) is 0 Å². The van der Waals surface area contributed by atoms with Gasteiger partial charge in [0.15, 0.2) is 0 Å². The van der Waals surface area contributed by atoms with Crippen molar-refractivity contribution in [2.24, 2.45) is 0 Å². The molecule has 22 heavy (non-hydrogen) atoms. The third-order valence-electron chi connectivity index (χ3n) is 4.85. The van der Waals surface area contributed by atoms with Crippen molar-refractivity contribution in [3.05, 3.63) is 29.8 Å². The van der Waals surface area contributed by atoms with Crippen LogP contribution in [-0.4, -0.2) is 55.7 Å². The topological polar surface area (TPSA) is 15.7 Å². The van der Waals surface area contributed by atoms with Gasteiger partial charge in [0.25, 0.3) is 0 Å². The van der Waals surface area contributed by atoms with E-state index in [0.29, 0.717) is 5.92 Å². The fourth-order valence-electron chi connectivity index (χ4n) is 3.04. The van der Waals surface area contributed by atoms with Gasteiger partial charge in [0.1, 0.15) is 5.75 Å². The Hall–Kier alpha value is -1.06. The summed E-state index contributed by atoms with van der Waals surface area (Å²) >= 11 is 0. The van der Waals surface area contributed by atoms with Crippen molar-refractivity contribution in [3.8, 4) is 5.75 Å². The Morgan fingerprint density at radius 3 is 2.41 bits per heavy atom. The molecule has 3 heteroatoms. The van der Waals surface area contributed by atoms with Gasteiger partial charge in [-0.15, -0.1) is 0 Å². The standard InChI is InChI=1S/C19H32N2O/c1-4-17(3)18-9-6-7-10-19(18)22-16-8-11-21-14-12-20(5-2)13-15-21/h6-7,9-10,17H,4-5,8,11-16H2,1-3H3. The first-order valence-corrected chi connectivity index (χ1v) is 8.91. The first kappa shape index (κ1) is 17.3. The molecule has 0 N–H and O–H groups in total. The highest BCUT2D eigenvalue weighted by Gasteiger charge is 2.15. The summed E-state index contributed by atoms with van der Waals surface area (Å²) < 4.78 is 6.06. The van der Waals surface area contributed by atoms with Crippen molar-refractivity contribution in [1.29, 1.82) is 0 Å². The lowest BCUT2D eigenvalue weighted by atomic mass is 9.98. The zero-order valence-corrected chi connectivity index (χ0v) is 14.6. The molecule has 0 aliphatic carbocycles. The van der Waals surface area contributed by atoms with Gasteiger partial charge in [0.05, 0.1) is 6.61 Å². The maximum Gasteiger partial charge on any atom is 0.122 e. The number of ether oxygens (including phenoxy) is 1. The molecule has 0 bridgehead atoms. The van der Waals surface area contributed by atoms with Gasteiger partial charge in [-0.2, -0.15) is 0 Å². The summed E-state index contributed by atoms with van der Waals surface area (Å²) in [6, 6.07) is 8.50. The molecule has 0 saturated carbocycles. The Morgan fingerprint density at radius 2 is 1.73 bits per heavy atom. The van der Waals surface area contributed by atoms with Crippen molar-refractivity contribution in [2.45, 2.75) is 39.5 Å². The van der Waals surface area contributed by atoms with E-state index in [-0.39, 0.29) is 0 Å². The Kier molecular flexibility index (Phi) is 7.20. The first-order chi connectivity index (χ1) is 10.7. The number of hydrogen-bond acceptors (Lipinski definition) is 3. The molecule has 1 aromatic carbocycles. The maximum absolute atomic E-state index is 6.06. The number of nitrogens with zero attached hydrogens (tertiary/aromatic N) is 2. The molecule has 2 rings (SSSR count). The van der Waals surface area contributed by atoms with Crippen LogP contribution in [0.1, 0.15) is 45.1 Å². The molecule has 1 aliphatic heterocycles. The predicted molar refractivity (Wildman–Crippen MR) is 93.8 cm³/mol. The predicted octanol–water partition coefficient (Wildman–Crippen LogP) is 3.61. The molecule has 124 valence electrons. The van der Waals surface area contributed by atoms with E-state index in [2.05, 4.69) is 54.8 Å². The van der Waals surface area contributed by atoms with Crippen molar-refractivity contribution < 1.29 is 4.74 Å². The maximum atomic E-state index is 6.06. The normalized spacial score (nSPS) is 18.3. The molecular formula is C19H32N2O. The molecule has 1 heterocycles. The van der Waals surface area contributed by atoms with Crippen LogP contribution >= 0.6 is 0 Å². The van der Waals surface area contributed by atoms with Crippen LogP contribution < -0.4 is 4.74 Å². The third kappa shape index (κ3) is 4.99. The van der Waals surface area contributed by atoms with Gasteiger partial charge in [0, 0.05) is 32.7 Å². The number of rotatable bonds is 8. The number of hydrogen-bond donors (Lipinski definition) is 0. The second kappa shape index (κ2) is 9.16. The largest absolute Gasteiger partial charge is 0.493 e. The molecule has 1 aromatic rings. The van der Waals surface area contributed by atoms with Crippen LogP contribution in [0.3, 0.4) is 0 Å². The summed E-state index contributed by atoms with van der Waals surface area (Å²) in [4.78, 5) is 5.09. The minimum absolute atomic E-state index is 0.568. The van der Waals surface area contributed by atoms with E-state index in [4.69, 9.17) is 4.74 Å². The molecule has 0 amide bonds. The van der Waals surface area contributed by atoms with Gasteiger partial charge in [-0.25, -0.2) is 0 Å². The summed E-state index contributed by atoms with van der Waals surface area (Å²) in [5, 5.41) is 0. The fourth-order valence-corrected chi connectivity index (χ4v) is 3.04. The van der Waals surface area contributed by atoms with Crippen LogP contribution in [-0.2, 0) is 0 Å². The summed E-state index contributed by atoms with van der Waals surface area (Å²) in [5.41, 5.74) is 1.35. The molecule has 0 radical (unpaired) electrons. The average molecular weight is 304 g/mol. The van der Waals surface area contributed by atoms with E-state index < -0.39 is 0 Å². The Morgan fingerprint density at radius 1 is 1.05 bits per heavy atom. The molecule has 1 atom stereocenters. The summed E-state index contributed by atoms with van der Waals surface area (Å²) in [6.07, 6.45) is 2.27. The number of para-hydroxylation sites is 1. The van der Waals surface area contributed by atoms with Crippen LogP contribution in [0.15, 0.2) is 24.3 Å². The highest BCUT2D eigenvalue weighted by molar-refractivity contribution is 5.35. The minimum Gasteiger partial charge on any atom is -0.493 e. The monoisotopic (exact) mass is 304 g/mol. The molecule has 1 fully saturated rings. The second-order valence-electron chi connectivity index (χ2n) is 6.33. The minimum atomic E-state index is 0.568. The Balaban J connectivity index is 1.71. The lowest BCUT2D eigenvalue weighted by Crippen LogP contribution is -2.46. The number of likely N-dealkylation sites (N-methyl/N-ethyl adjacent to an activating group) is 1. The highest BCUT2D eigenvalue weighted by Crippen LogP contribution is 2.28. The fraction of sp³-hybridized carbons (Fsp3) is 0.684. The number of piperazine rings is 1. The lowest BCUT2D eigenvalue weighted by molar-refractivity contribution is 0.130. The second-order valence-corrected chi connectivity index (χ2v) is 6.33. The first-order valence-electron chi connectivity index (χ1n) is 8.91. The van der Waals surface area contributed by atoms with E-state index >= 15 is 0 Å². The van der Waals surface area contributed by atoms with Gasteiger partial charge < -0.3 is 14.5 Å². The van der Waals surface area contributed by atoms with Gasteiger partial charge in [-0.3, -0.25) is 0 Å². The average Bonchev–Trinajstić information content (AvgIpc) is 2.59. The van der Waals surface area contributed by atoms with Gasteiger partial charge in [0.2, 0.25) is 0 Å². The van der Waals surface area contributed by atoms with Gasteiger partial charge in [-0.1, -0.05) is 39.0 Å². The van der Waals surface area contributed by atoms with Crippen molar-refractivity contribution in [1.82, 2.24) is 9.80 Å². The van der Waals surface area contributed by atoms with Gasteiger partial charge >= 0.3 is 0 Å². The van der Waals surface area contributed by atoms with E-state index in [0.717, 1.165) is 31.7 Å². The quantitative estimate of drug-likeness (QED) is 0.682. The molecule has 0 aromatic heterocycles. The molecule has 1 unspecified atom stereocenters. The van der Waals surface area contributed by atoms with E-state index in [1.807, 2.05) is 0 Å². The molecule has 1 aliphatic rings. The zero-order chi connectivity index (χ0) is 15.8. The van der Waals surface area contributed by atoms with Crippen LogP contribution in [0, 0.1) is 0 Å². The Bertz CT molecular complexity index is 427. The zero-order valence-electron chi connectivity index (χ0n) is 14.6. The van der Waals surface area contributed by atoms with Crippen molar-refractivity contribution in [2.75, 3.05) is 45.9 Å². The Labute approximate surface area is 136 Å². The molecule has 0 spiro atoms. The van der Waals surface area contributed by atoms with E-state index in [1.165, 1.54) is 38.3 Å². The smallest absolute Gasteiger partial charge is 0.122 e. The third-order valence-corrected chi connectivity index (χ3v) is 4.85.